The number of esters is 1. The molecule has 9 heteroatoms. The molecule has 0 aromatic carbocycles. The van der Waals surface area contributed by atoms with Crippen molar-refractivity contribution in [1.29, 1.82) is 0 Å². The van der Waals surface area contributed by atoms with Crippen LogP contribution in [-0.4, -0.2) is 40.6 Å². The summed E-state index contributed by atoms with van der Waals surface area (Å²) >= 11 is 0. The summed E-state index contributed by atoms with van der Waals surface area (Å²) in [6, 6.07) is 0. The van der Waals surface area contributed by atoms with Gasteiger partial charge in [0.2, 0.25) is 11.6 Å². The van der Waals surface area contributed by atoms with Gasteiger partial charge in [0.1, 0.15) is 12.9 Å². The molecule has 9 nitrogen and oxygen atoms in total. The number of hydrogen-bond donors (Lipinski definition) is 2. The van der Waals surface area contributed by atoms with Gasteiger partial charge in [-0.05, 0) is 13.3 Å². The predicted molar refractivity (Wildman–Crippen MR) is 72.6 cm³/mol. The molecule has 0 unspecified atom stereocenters. The molecule has 0 fully saturated rings. The number of carbonyl (C=O) groups excluding carboxylic acids is 1. The number of hydrogen-bond acceptors (Lipinski definition) is 8. The second-order valence-corrected chi connectivity index (χ2v) is 3.76. The van der Waals surface area contributed by atoms with Crippen LogP contribution in [0.25, 0.3) is 0 Å². The van der Waals surface area contributed by atoms with E-state index in [9.17, 15) is 14.9 Å². The minimum Gasteiger partial charge on any atom is -0.465 e. The molecule has 2 N–H and O–H groups in total. The summed E-state index contributed by atoms with van der Waals surface area (Å²) in [5.41, 5.74) is -0.287. The van der Waals surface area contributed by atoms with E-state index in [-0.39, 0.29) is 30.5 Å². The Hall–Kier alpha value is -2.45. The lowest BCUT2D eigenvalue weighted by molar-refractivity contribution is -0.383. The van der Waals surface area contributed by atoms with Crippen molar-refractivity contribution in [2.24, 2.45) is 0 Å². The van der Waals surface area contributed by atoms with Gasteiger partial charge in [-0.2, -0.15) is 0 Å². The van der Waals surface area contributed by atoms with Crippen molar-refractivity contribution in [3.05, 3.63) is 16.4 Å². The molecule has 0 saturated heterocycles. The van der Waals surface area contributed by atoms with Crippen molar-refractivity contribution < 1.29 is 14.5 Å². The zero-order valence-corrected chi connectivity index (χ0v) is 11.4. The van der Waals surface area contributed by atoms with Crippen LogP contribution in [0, 0.1) is 10.1 Å². The van der Waals surface area contributed by atoms with E-state index in [0.29, 0.717) is 6.54 Å². The maximum absolute atomic E-state index is 11.2. The molecule has 0 aliphatic carbocycles. The van der Waals surface area contributed by atoms with Gasteiger partial charge in [-0.1, -0.05) is 6.92 Å². The molecule has 0 bridgehead atoms. The molecule has 0 spiro atoms. The molecule has 0 radical (unpaired) electrons. The van der Waals surface area contributed by atoms with Crippen molar-refractivity contribution >= 4 is 23.3 Å². The molecule has 0 atom stereocenters. The number of rotatable bonds is 8. The fourth-order valence-electron chi connectivity index (χ4n) is 1.42. The molecule has 1 heterocycles. The van der Waals surface area contributed by atoms with Crippen LogP contribution < -0.4 is 10.6 Å². The van der Waals surface area contributed by atoms with Crippen LogP contribution in [0.3, 0.4) is 0 Å². The Morgan fingerprint density at radius 1 is 1.35 bits per heavy atom. The summed E-state index contributed by atoms with van der Waals surface area (Å²) in [6.07, 6.45) is 1.99. The van der Waals surface area contributed by atoms with Crippen LogP contribution in [0.2, 0.25) is 0 Å². The van der Waals surface area contributed by atoms with Crippen LogP contribution in [0.5, 0.6) is 0 Å². The van der Waals surface area contributed by atoms with Crippen molar-refractivity contribution in [2.75, 3.05) is 30.3 Å². The highest BCUT2D eigenvalue weighted by molar-refractivity contribution is 5.77. The topological polar surface area (TPSA) is 119 Å². The summed E-state index contributed by atoms with van der Waals surface area (Å²) in [4.78, 5) is 29.4. The Balaban J connectivity index is 2.88. The van der Waals surface area contributed by atoms with Gasteiger partial charge in [0.05, 0.1) is 11.5 Å². The van der Waals surface area contributed by atoms with E-state index in [1.54, 1.807) is 6.92 Å². The molecular formula is C11H17N5O4. The van der Waals surface area contributed by atoms with E-state index in [2.05, 4.69) is 20.6 Å². The minimum absolute atomic E-state index is 0.0170. The van der Waals surface area contributed by atoms with E-state index < -0.39 is 10.9 Å². The van der Waals surface area contributed by atoms with Gasteiger partial charge < -0.3 is 15.4 Å². The van der Waals surface area contributed by atoms with Crippen molar-refractivity contribution in [2.45, 2.75) is 20.3 Å². The zero-order chi connectivity index (χ0) is 15.0. The lowest BCUT2D eigenvalue weighted by Gasteiger charge is -2.09. The normalized spacial score (nSPS) is 9.90. The Morgan fingerprint density at radius 2 is 2.00 bits per heavy atom. The van der Waals surface area contributed by atoms with Crippen LogP contribution in [-0.2, 0) is 9.53 Å². The molecular weight excluding hydrogens is 266 g/mol. The number of anilines is 2. The third kappa shape index (κ3) is 4.34. The summed E-state index contributed by atoms with van der Waals surface area (Å²) in [5, 5.41) is 16.5. The van der Waals surface area contributed by atoms with E-state index in [0.717, 1.165) is 6.42 Å². The van der Waals surface area contributed by atoms with Gasteiger partial charge in [-0.25, -0.2) is 9.97 Å². The molecule has 0 aliphatic heterocycles. The Bertz CT molecular complexity index is 480. The molecule has 110 valence electrons. The summed E-state index contributed by atoms with van der Waals surface area (Å²) in [5.74, 6) is -0.404. The monoisotopic (exact) mass is 283 g/mol. The van der Waals surface area contributed by atoms with Crippen LogP contribution in [0.4, 0.5) is 17.3 Å². The Morgan fingerprint density at radius 3 is 2.55 bits per heavy atom. The fraction of sp³-hybridized carbons (Fsp3) is 0.545. The SMILES string of the molecule is CCCNc1ncnc(NCC(=O)OCC)c1[N+](=O)[O-]. The lowest BCUT2D eigenvalue weighted by atomic mass is 10.4. The second-order valence-electron chi connectivity index (χ2n) is 3.76. The number of nitrogens with zero attached hydrogens (tertiary/aromatic N) is 3. The first kappa shape index (κ1) is 15.6. The van der Waals surface area contributed by atoms with Gasteiger partial charge in [-0.3, -0.25) is 14.9 Å². The number of carbonyl (C=O) groups is 1. The Labute approximate surface area is 115 Å². The molecule has 20 heavy (non-hydrogen) atoms. The summed E-state index contributed by atoms with van der Waals surface area (Å²) in [7, 11) is 0. The standard InChI is InChI=1S/C11H17N5O4/c1-3-5-12-10-9(16(18)19)11(15-7-14-10)13-6-8(17)20-4-2/h7H,3-6H2,1-2H3,(H2,12,13,14,15). The molecule has 0 saturated carbocycles. The summed E-state index contributed by atoms with van der Waals surface area (Å²) < 4.78 is 4.73. The summed E-state index contributed by atoms with van der Waals surface area (Å²) in [6.45, 7) is 4.21. The van der Waals surface area contributed by atoms with Gasteiger partial charge >= 0.3 is 11.7 Å². The molecule has 1 aromatic heterocycles. The number of nitrogens with one attached hydrogen (secondary N) is 2. The van der Waals surface area contributed by atoms with Gasteiger partial charge in [0, 0.05) is 6.54 Å². The molecule has 1 rings (SSSR count). The zero-order valence-electron chi connectivity index (χ0n) is 11.4. The third-order valence-corrected chi connectivity index (χ3v) is 2.25. The van der Waals surface area contributed by atoms with Crippen LogP contribution >= 0.6 is 0 Å². The Kier molecular flexibility index (Phi) is 6.14. The highest BCUT2D eigenvalue weighted by Gasteiger charge is 2.23. The molecule has 0 amide bonds. The van der Waals surface area contributed by atoms with E-state index in [4.69, 9.17) is 4.74 Å². The largest absolute Gasteiger partial charge is 0.465 e. The first-order chi connectivity index (χ1) is 9.60. The van der Waals surface area contributed by atoms with Gasteiger partial charge in [0.25, 0.3) is 0 Å². The van der Waals surface area contributed by atoms with Crippen molar-refractivity contribution in [1.82, 2.24) is 9.97 Å². The van der Waals surface area contributed by atoms with Gasteiger partial charge in [0.15, 0.2) is 0 Å². The van der Waals surface area contributed by atoms with Crippen molar-refractivity contribution in [3.63, 3.8) is 0 Å². The van der Waals surface area contributed by atoms with E-state index >= 15 is 0 Å². The highest BCUT2D eigenvalue weighted by Crippen LogP contribution is 2.28. The lowest BCUT2D eigenvalue weighted by Crippen LogP contribution is -2.18. The van der Waals surface area contributed by atoms with Crippen LogP contribution in [0.15, 0.2) is 6.33 Å². The number of nitro groups is 1. The predicted octanol–water partition coefficient (Wildman–Crippen LogP) is 1.18. The third-order valence-electron chi connectivity index (χ3n) is 2.25. The first-order valence-electron chi connectivity index (χ1n) is 6.22. The first-order valence-corrected chi connectivity index (χ1v) is 6.22. The quantitative estimate of drug-likeness (QED) is 0.414. The average molecular weight is 283 g/mol. The number of ether oxygens (including phenoxy) is 1. The average Bonchev–Trinajstić information content (AvgIpc) is 2.42. The second kappa shape index (κ2) is 7.87. The van der Waals surface area contributed by atoms with Crippen molar-refractivity contribution in [3.8, 4) is 0 Å². The molecule has 0 aliphatic rings. The maximum Gasteiger partial charge on any atom is 0.353 e. The smallest absolute Gasteiger partial charge is 0.353 e. The van der Waals surface area contributed by atoms with Gasteiger partial charge in [-0.15, -0.1) is 0 Å². The fourth-order valence-corrected chi connectivity index (χ4v) is 1.42. The van der Waals surface area contributed by atoms with Crippen LogP contribution in [0.1, 0.15) is 20.3 Å². The maximum atomic E-state index is 11.2. The molecule has 1 aromatic rings. The number of aromatic nitrogens is 2. The highest BCUT2D eigenvalue weighted by atomic mass is 16.6. The van der Waals surface area contributed by atoms with E-state index in [1.807, 2.05) is 6.92 Å². The van der Waals surface area contributed by atoms with E-state index in [1.165, 1.54) is 6.33 Å². The minimum atomic E-state index is -0.592.